The minimum Gasteiger partial charge on any atom is -0.496 e. The Bertz CT molecular complexity index is 474. The Morgan fingerprint density at radius 3 is 2.55 bits per heavy atom. The van der Waals surface area contributed by atoms with Crippen molar-refractivity contribution in [2.24, 2.45) is 5.92 Å². The highest BCUT2D eigenvalue weighted by molar-refractivity contribution is 5.85. The van der Waals surface area contributed by atoms with Gasteiger partial charge in [-0.3, -0.25) is 4.90 Å². The SMILES string of the molecule is COc1cccc(F)c1[C@H](C1CCCC1)N1CCNCC1.Cl. The number of piperazine rings is 1. The van der Waals surface area contributed by atoms with Crippen molar-refractivity contribution in [2.75, 3.05) is 33.3 Å². The van der Waals surface area contributed by atoms with E-state index in [1.807, 2.05) is 6.07 Å². The highest BCUT2D eigenvalue weighted by Gasteiger charge is 2.35. The van der Waals surface area contributed by atoms with E-state index in [2.05, 4.69) is 10.2 Å². The van der Waals surface area contributed by atoms with Crippen LogP contribution >= 0.6 is 12.4 Å². The van der Waals surface area contributed by atoms with E-state index in [0.29, 0.717) is 11.7 Å². The molecule has 3 nitrogen and oxygen atoms in total. The van der Waals surface area contributed by atoms with Gasteiger partial charge in [0.25, 0.3) is 0 Å². The molecule has 1 atom stereocenters. The second kappa shape index (κ2) is 8.14. The molecule has 1 heterocycles. The lowest BCUT2D eigenvalue weighted by Gasteiger charge is -2.39. The summed E-state index contributed by atoms with van der Waals surface area (Å²) in [7, 11) is 1.64. The quantitative estimate of drug-likeness (QED) is 0.917. The zero-order valence-electron chi connectivity index (χ0n) is 13.2. The Morgan fingerprint density at radius 2 is 1.91 bits per heavy atom. The third-order valence-corrected chi connectivity index (χ3v) is 4.92. The molecule has 5 heteroatoms. The van der Waals surface area contributed by atoms with Crippen LogP contribution in [0.2, 0.25) is 0 Å². The largest absolute Gasteiger partial charge is 0.496 e. The summed E-state index contributed by atoms with van der Waals surface area (Å²) < 4.78 is 20.0. The molecule has 2 fully saturated rings. The molecule has 1 aromatic rings. The van der Waals surface area contributed by atoms with E-state index in [1.54, 1.807) is 19.2 Å². The summed E-state index contributed by atoms with van der Waals surface area (Å²) in [6, 6.07) is 5.36. The van der Waals surface area contributed by atoms with Gasteiger partial charge in [-0.2, -0.15) is 0 Å². The summed E-state index contributed by atoms with van der Waals surface area (Å²) in [6.45, 7) is 3.94. The van der Waals surface area contributed by atoms with Crippen molar-refractivity contribution in [1.29, 1.82) is 0 Å². The first-order chi connectivity index (χ1) is 10.3. The summed E-state index contributed by atoms with van der Waals surface area (Å²) in [5, 5.41) is 3.39. The molecule has 0 bridgehead atoms. The molecule has 1 N–H and O–H groups in total. The fourth-order valence-electron chi connectivity index (χ4n) is 3.93. The average Bonchev–Trinajstić information content (AvgIpc) is 3.04. The van der Waals surface area contributed by atoms with Crippen molar-refractivity contribution >= 4 is 12.4 Å². The Morgan fingerprint density at radius 1 is 1.23 bits per heavy atom. The van der Waals surface area contributed by atoms with Crippen molar-refractivity contribution in [2.45, 2.75) is 31.7 Å². The number of ether oxygens (including phenoxy) is 1. The van der Waals surface area contributed by atoms with E-state index < -0.39 is 0 Å². The van der Waals surface area contributed by atoms with Crippen LogP contribution in [0.25, 0.3) is 0 Å². The molecule has 0 spiro atoms. The monoisotopic (exact) mass is 328 g/mol. The van der Waals surface area contributed by atoms with Gasteiger partial charge in [-0.25, -0.2) is 4.39 Å². The first kappa shape index (κ1) is 17.5. The normalized spacial score (nSPS) is 21.4. The highest BCUT2D eigenvalue weighted by atomic mass is 35.5. The fraction of sp³-hybridized carbons (Fsp3) is 0.647. The molecule has 1 aliphatic carbocycles. The van der Waals surface area contributed by atoms with Crippen LogP contribution in [-0.4, -0.2) is 38.2 Å². The predicted octanol–water partition coefficient (Wildman–Crippen LogP) is 3.39. The van der Waals surface area contributed by atoms with Crippen molar-refractivity contribution in [3.8, 4) is 5.75 Å². The van der Waals surface area contributed by atoms with Crippen molar-refractivity contribution in [3.05, 3.63) is 29.6 Å². The number of rotatable bonds is 4. The maximum atomic E-state index is 14.6. The lowest BCUT2D eigenvalue weighted by atomic mass is 9.88. The van der Waals surface area contributed by atoms with Crippen LogP contribution in [0.4, 0.5) is 4.39 Å². The van der Waals surface area contributed by atoms with Crippen LogP contribution in [0.3, 0.4) is 0 Å². The molecule has 3 rings (SSSR count). The second-order valence-electron chi connectivity index (χ2n) is 6.13. The van der Waals surface area contributed by atoms with Crippen LogP contribution < -0.4 is 10.1 Å². The minimum atomic E-state index is -0.121. The molecule has 1 aromatic carbocycles. The van der Waals surface area contributed by atoms with Gasteiger partial charge in [0.1, 0.15) is 11.6 Å². The van der Waals surface area contributed by atoms with Gasteiger partial charge in [0.15, 0.2) is 0 Å². The van der Waals surface area contributed by atoms with E-state index >= 15 is 0 Å². The minimum absolute atomic E-state index is 0. The fourth-order valence-corrected chi connectivity index (χ4v) is 3.93. The number of benzene rings is 1. The predicted molar refractivity (Wildman–Crippen MR) is 89.3 cm³/mol. The summed E-state index contributed by atoms with van der Waals surface area (Å²) in [5.41, 5.74) is 0.772. The molecular weight excluding hydrogens is 303 g/mol. The van der Waals surface area contributed by atoms with E-state index in [-0.39, 0.29) is 24.3 Å². The molecule has 1 saturated heterocycles. The standard InChI is InChI=1S/C17H25FN2O.ClH/c1-21-15-8-4-7-14(18)16(15)17(13-5-2-3-6-13)20-11-9-19-10-12-20;/h4,7-8,13,17,19H,2-3,5-6,9-12H2,1H3;1H/t17-;/m0./s1. The van der Waals surface area contributed by atoms with Gasteiger partial charge >= 0.3 is 0 Å². The molecule has 124 valence electrons. The number of halogens is 2. The van der Waals surface area contributed by atoms with E-state index in [1.165, 1.54) is 25.7 Å². The molecule has 22 heavy (non-hydrogen) atoms. The molecule has 0 radical (unpaired) electrons. The number of hydrogen-bond acceptors (Lipinski definition) is 3. The van der Waals surface area contributed by atoms with Crippen molar-refractivity contribution in [3.63, 3.8) is 0 Å². The van der Waals surface area contributed by atoms with Crippen LogP contribution in [-0.2, 0) is 0 Å². The third kappa shape index (κ3) is 3.55. The zero-order valence-corrected chi connectivity index (χ0v) is 14.0. The number of nitrogens with zero attached hydrogens (tertiary/aromatic N) is 1. The van der Waals surface area contributed by atoms with Gasteiger partial charge < -0.3 is 10.1 Å². The first-order valence-corrected chi connectivity index (χ1v) is 8.08. The lowest BCUT2D eigenvalue weighted by molar-refractivity contribution is 0.120. The Hall–Kier alpha value is -0.840. The average molecular weight is 329 g/mol. The second-order valence-corrected chi connectivity index (χ2v) is 6.13. The van der Waals surface area contributed by atoms with E-state index in [4.69, 9.17) is 4.74 Å². The topological polar surface area (TPSA) is 24.5 Å². The molecule has 2 aliphatic rings. The Labute approximate surface area is 138 Å². The number of nitrogens with one attached hydrogen (secondary N) is 1. The number of hydrogen-bond donors (Lipinski definition) is 1. The van der Waals surface area contributed by atoms with Gasteiger partial charge in [-0.05, 0) is 30.9 Å². The van der Waals surface area contributed by atoms with Gasteiger partial charge in [0.05, 0.1) is 7.11 Å². The maximum absolute atomic E-state index is 14.6. The van der Waals surface area contributed by atoms with Crippen LogP contribution in [0.1, 0.15) is 37.3 Å². The molecule has 0 aromatic heterocycles. The Balaban J connectivity index is 0.00000176. The van der Waals surface area contributed by atoms with E-state index in [0.717, 1.165) is 31.7 Å². The lowest BCUT2D eigenvalue weighted by Crippen LogP contribution is -2.47. The third-order valence-electron chi connectivity index (χ3n) is 4.92. The summed E-state index contributed by atoms with van der Waals surface area (Å²) >= 11 is 0. The van der Waals surface area contributed by atoms with Crippen molar-refractivity contribution < 1.29 is 9.13 Å². The van der Waals surface area contributed by atoms with Crippen LogP contribution in [0.5, 0.6) is 5.75 Å². The zero-order chi connectivity index (χ0) is 14.7. The molecule has 1 saturated carbocycles. The van der Waals surface area contributed by atoms with Gasteiger partial charge in [0, 0.05) is 37.8 Å². The summed E-state index contributed by atoms with van der Waals surface area (Å²) in [6.07, 6.45) is 4.94. The summed E-state index contributed by atoms with van der Waals surface area (Å²) in [5.74, 6) is 1.13. The molecule has 0 unspecified atom stereocenters. The van der Waals surface area contributed by atoms with Crippen LogP contribution in [0.15, 0.2) is 18.2 Å². The highest BCUT2D eigenvalue weighted by Crippen LogP contribution is 2.43. The molecular formula is C17H26ClFN2O. The maximum Gasteiger partial charge on any atom is 0.131 e. The van der Waals surface area contributed by atoms with Gasteiger partial charge in [-0.15, -0.1) is 12.4 Å². The van der Waals surface area contributed by atoms with Crippen molar-refractivity contribution in [1.82, 2.24) is 10.2 Å². The van der Waals surface area contributed by atoms with Gasteiger partial charge in [-0.1, -0.05) is 18.9 Å². The molecule has 0 amide bonds. The molecule has 1 aliphatic heterocycles. The Kier molecular flexibility index (Phi) is 6.48. The summed E-state index contributed by atoms with van der Waals surface area (Å²) in [4.78, 5) is 2.45. The first-order valence-electron chi connectivity index (χ1n) is 8.08. The smallest absolute Gasteiger partial charge is 0.131 e. The van der Waals surface area contributed by atoms with E-state index in [9.17, 15) is 4.39 Å². The van der Waals surface area contributed by atoms with Crippen LogP contribution in [0, 0.1) is 11.7 Å². The number of methoxy groups -OCH3 is 1. The van der Waals surface area contributed by atoms with Gasteiger partial charge in [0.2, 0.25) is 0 Å².